The van der Waals surface area contributed by atoms with Gasteiger partial charge in [-0.2, -0.15) is 0 Å². The normalized spacial score (nSPS) is 12.7. The topological polar surface area (TPSA) is 68.8 Å². The van der Waals surface area contributed by atoms with Gasteiger partial charge < -0.3 is 4.57 Å². The second-order valence-electron chi connectivity index (χ2n) is 5.20. The lowest BCUT2D eigenvalue weighted by molar-refractivity contribution is 0.519. The van der Waals surface area contributed by atoms with E-state index in [9.17, 15) is 0 Å². The molecule has 0 aliphatic heterocycles. The zero-order chi connectivity index (χ0) is 14.8. The minimum Gasteiger partial charge on any atom is -0.331 e. The van der Waals surface area contributed by atoms with Crippen molar-refractivity contribution in [2.75, 3.05) is 0 Å². The third kappa shape index (κ3) is 2.66. The number of aryl methyl sites for hydroxylation is 2. The van der Waals surface area contributed by atoms with E-state index >= 15 is 0 Å². The van der Waals surface area contributed by atoms with Gasteiger partial charge in [-0.15, -0.1) is 0 Å². The fourth-order valence-corrected chi connectivity index (χ4v) is 2.57. The number of fused-ring (bicyclic) bond motifs is 1. The third-order valence-electron chi connectivity index (χ3n) is 3.73. The van der Waals surface area contributed by atoms with E-state index in [0.717, 1.165) is 28.2 Å². The highest BCUT2D eigenvalue weighted by atomic mass is 15.2. The first-order chi connectivity index (χ1) is 10.2. The molecule has 0 radical (unpaired) electrons. The number of imidazole rings is 1. The number of pyridine rings is 1. The Hall–Kier alpha value is -2.24. The van der Waals surface area contributed by atoms with Crippen molar-refractivity contribution in [2.45, 2.75) is 19.4 Å². The van der Waals surface area contributed by atoms with Crippen LogP contribution in [-0.4, -0.2) is 14.5 Å². The molecule has 1 unspecified atom stereocenters. The summed E-state index contributed by atoms with van der Waals surface area (Å²) >= 11 is 0. The van der Waals surface area contributed by atoms with Crippen LogP contribution in [-0.2, 0) is 13.5 Å². The number of hydrazine groups is 1. The second-order valence-corrected chi connectivity index (χ2v) is 5.20. The van der Waals surface area contributed by atoms with Gasteiger partial charge >= 0.3 is 0 Å². The van der Waals surface area contributed by atoms with Crippen LogP contribution in [0.3, 0.4) is 0 Å². The number of para-hydroxylation sites is 2. The van der Waals surface area contributed by atoms with E-state index in [1.165, 1.54) is 0 Å². The molecule has 3 rings (SSSR count). The Morgan fingerprint density at radius 2 is 1.95 bits per heavy atom. The van der Waals surface area contributed by atoms with Crippen LogP contribution in [0.2, 0.25) is 0 Å². The minimum atomic E-state index is -0.0552. The van der Waals surface area contributed by atoms with Gasteiger partial charge in [0.1, 0.15) is 5.82 Å². The van der Waals surface area contributed by atoms with E-state index in [4.69, 9.17) is 5.84 Å². The highest BCUT2D eigenvalue weighted by molar-refractivity contribution is 5.75. The number of nitrogens with two attached hydrogens (primary N) is 1. The third-order valence-corrected chi connectivity index (χ3v) is 3.73. The largest absolute Gasteiger partial charge is 0.331 e. The van der Waals surface area contributed by atoms with Crippen molar-refractivity contribution >= 4 is 11.0 Å². The Morgan fingerprint density at radius 1 is 1.14 bits per heavy atom. The van der Waals surface area contributed by atoms with E-state index in [-0.39, 0.29) is 6.04 Å². The van der Waals surface area contributed by atoms with Crippen molar-refractivity contribution in [1.29, 1.82) is 0 Å². The summed E-state index contributed by atoms with van der Waals surface area (Å²) in [6.45, 7) is 1.98. The lowest BCUT2D eigenvalue weighted by Crippen LogP contribution is -2.31. The molecule has 5 nitrogen and oxygen atoms in total. The van der Waals surface area contributed by atoms with Gasteiger partial charge in [-0.3, -0.25) is 16.3 Å². The summed E-state index contributed by atoms with van der Waals surface area (Å²) in [5, 5.41) is 0. The van der Waals surface area contributed by atoms with Crippen molar-refractivity contribution in [1.82, 2.24) is 20.0 Å². The van der Waals surface area contributed by atoms with Gasteiger partial charge in [0.2, 0.25) is 0 Å². The molecule has 3 N–H and O–H groups in total. The molecule has 0 saturated carbocycles. The van der Waals surface area contributed by atoms with Gasteiger partial charge in [-0.1, -0.05) is 18.2 Å². The molecule has 21 heavy (non-hydrogen) atoms. The highest BCUT2D eigenvalue weighted by Crippen LogP contribution is 2.20. The average molecular weight is 281 g/mol. The molecule has 5 heteroatoms. The first kappa shape index (κ1) is 13.7. The van der Waals surface area contributed by atoms with Crippen LogP contribution >= 0.6 is 0 Å². The molecule has 2 aromatic heterocycles. The van der Waals surface area contributed by atoms with Crippen LogP contribution in [0.25, 0.3) is 11.0 Å². The van der Waals surface area contributed by atoms with Gasteiger partial charge in [-0.05, 0) is 31.2 Å². The fourth-order valence-electron chi connectivity index (χ4n) is 2.57. The molecule has 0 saturated heterocycles. The Balaban J connectivity index is 1.94. The maximum Gasteiger partial charge on any atom is 0.111 e. The molecule has 108 valence electrons. The molecule has 0 spiro atoms. The molecule has 0 bridgehead atoms. The molecular weight excluding hydrogens is 262 g/mol. The average Bonchev–Trinajstić information content (AvgIpc) is 2.81. The molecule has 1 aromatic carbocycles. The SMILES string of the molecule is Cc1cccc(C(Cc2nc3ccccc3n2C)NN)n1. The summed E-state index contributed by atoms with van der Waals surface area (Å²) in [5.74, 6) is 6.71. The molecule has 0 aliphatic rings. The molecule has 3 aromatic rings. The Morgan fingerprint density at radius 3 is 2.67 bits per heavy atom. The number of aromatic nitrogens is 3. The molecular formula is C16H19N5. The standard InChI is InChI=1S/C16H19N5/c1-11-6-5-8-12(18-11)14(20-17)10-16-19-13-7-3-4-9-15(13)21(16)2/h3-9,14,20H,10,17H2,1-2H3. The number of hydrogen-bond donors (Lipinski definition) is 2. The van der Waals surface area contributed by atoms with Crippen molar-refractivity contribution in [3.05, 3.63) is 59.7 Å². The van der Waals surface area contributed by atoms with Crippen LogP contribution in [0.15, 0.2) is 42.5 Å². The van der Waals surface area contributed by atoms with Gasteiger partial charge in [0.25, 0.3) is 0 Å². The first-order valence-electron chi connectivity index (χ1n) is 6.99. The summed E-state index contributed by atoms with van der Waals surface area (Å²) in [5.41, 5.74) is 6.90. The Labute approximate surface area is 123 Å². The van der Waals surface area contributed by atoms with Crippen LogP contribution in [0.1, 0.15) is 23.3 Å². The van der Waals surface area contributed by atoms with Crippen molar-refractivity contribution in [3.8, 4) is 0 Å². The predicted molar refractivity (Wildman–Crippen MR) is 83.5 cm³/mol. The van der Waals surface area contributed by atoms with E-state index in [0.29, 0.717) is 6.42 Å². The zero-order valence-corrected chi connectivity index (χ0v) is 12.2. The number of nitrogens with zero attached hydrogens (tertiary/aromatic N) is 3. The Bertz CT molecular complexity index is 762. The molecule has 0 amide bonds. The van der Waals surface area contributed by atoms with Crippen molar-refractivity contribution < 1.29 is 0 Å². The summed E-state index contributed by atoms with van der Waals surface area (Å²) < 4.78 is 2.11. The lowest BCUT2D eigenvalue weighted by atomic mass is 10.1. The number of nitrogens with one attached hydrogen (secondary N) is 1. The second kappa shape index (κ2) is 5.63. The minimum absolute atomic E-state index is 0.0552. The van der Waals surface area contributed by atoms with Crippen LogP contribution in [0.5, 0.6) is 0 Å². The predicted octanol–water partition coefficient (Wildman–Crippen LogP) is 2.02. The lowest BCUT2D eigenvalue weighted by Gasteiger charge is -2.15. The monoisotopic (exact) mass is 281 g/mol. The molecule has 0 aliphatic carbocycles. The van der Waals surface area contributed by atoms with E-state index in [2.05, 4.69) is 26.0 Å². The fraction of sp³-hybridized carbons (Fsp3) is 0.250. The van der Waals surface area contributed by atoms with Gasteiger partial charge in [0, 0.05) is 19.2 Å². The van der Waals surface area contributed by atoms with Gasteiger partial charge in [0.05, 0.1) is 22.8 Å². The summed E-state index contributed by atoms with van der Waals surface area (Å²) in [7, 11) is 2.03. The van der Waals surface area contributed by atoms with Gasteiger partial charge in [-0.25, -0.2) is 4.98 Å². The Kier molecular flexibility index (Phi) is 3.68. The summed E-state index contributed by atoms with van der Waals surface area (Å²) in [6.07, 6.45) is 0.693. The van der Waals surface area contributed by atoms with Crippen LogP contribution < -0.4 is 11.3 Å². The zero-order valence-electron chi connectivity index (χ0n) is 12.2. The number of rotatable bonds is 4. The molecule has 0 fully saturated rings. The number of hydrogen-bond acceptors (Lipinski definition) is 4. The van der Waals surface area contributed by atoms with Crippen LogP contribution in [0.4, 0.5) is 0 Å². The molecule has 1 atom stereocenters. The van der Waals surface area contributed by atoms with E-state index < -0.39 is 0 Å². The maximum absolute atomic E-state index is 5.72. The van der Waals surface area contributed by atoms with Crippen LogP contribution in [0, 0.1) is 6.92 Å². The molecule has 2 heterocycles. The summed E-state index contributed by atoms with van der Waals surface area (Å²) in [6, 6.07) is 14.0. The van der Waals surface area contributed by atoms with E-state index in [1.807, 2.05) is 50.4 Å². The van der Waals surface area contributed by atoms with Gasteiger partial charge in [0.15, 0.2) is 0 Å². The quantitative estimate of drug-likeness (QED) is 0.567. The smallest absolute Gasteiger partial charge is 0.111 e. The summed E-state index contributed by atoms with van der Waals surface area (Å²) in [4.78, 5) is 9.23. The maximum atomic E-state index is 5.72. The highest BCUT2D eigenvalue weighted by Gasteiger charge is 2.16. The first-order valence-corrected chi connectivity index (χ1v) is 6.99. The van der Waals surface area contributed by atoms with Crippen molar-refractivity contribution in [3.63, 3.8) is 0 Å². The van der Waals surface area contributed by atoms with Crippen molar-refractivity contribution in [2.24, 2.45) is 12.9 Å². The number of benzene rings is 1. The van der Waals surface area contributed by atoms with E-state index in [1.54, 1.807) is 0 Å².